The molecule has 3 aromatic rings. The Bertz CT molecular complexity index is 891. The molecular formula is C17H15BrN2O2. The van der Waals surface area contributed by atoms with Gasteiger partial charge in [0.05, 0.1) is 17.0 Å². The Labute approximate surface area is 136 Å². The second-order valence-corrected chi connectivity index (χ2v) is 6.34. The Morgan fingerprint density at radius 3 is 2.32 bits per heavy atom. The summed E-state index contributed by atoms with van der Waals surface area (Å²) in [6, 6.07) is 9.53. The zero-order chi connectivity index (χ0) is 15.9. The molecule has 5 heteroatoms. The number of esters is 1. The summed E-state index contributed by atoms with van der Waals surface area (Å²) in [6.07, 6.45) is 0. The SMILES string of the molecule is Cc1cc(Br)c2nc3ccccc3nc2c1OC(=O)C(C)C. The van der Waals surface area contributed by atoms with Crippen LogP contribution in [0.5, 0.6) is 5.75 Å². The number of aryl methyl sites for hydroxylation is 1. The van der Waals surface area contributed by atoms with E-state index < -0.39 is 0 Å². The molecule has 0 unspecified atom stereocenters. The number of halogens is 1. The van der Waals surface area contributed by atoms with Crippen molar-refractivity contribution in [3.63, 3.8) is 0 Å². The summed E-state index contributed by atoms with van der Waals surface area (Å²) >= 11 is 3.52. The third kappa shape index (κ3) is 2.57. The average molecular weight is 359 g/mol. The third-order valence-corrected chi connectivity index (χ3v) is 3.99. The van der Waals surface area contributed by atoms with Crippen molar-refractivity contribution >= 4 is 44.0 Å². The first kappa shape index (κ1) is 14.9. The van der Waals surface area contributed by atoms with Gasteiger partial charge >= 0.3 is 5.97 Å². The Morgan fingerprint density at radius 2 is 1.73 bits per heavy atom. The first-order chi connectivity index (χ1) is 10.5. The Hall–Kier alpha value is -2.01. The molecule has 4 nitrogen and oxygen atoms in total. The van der Waals surface area contributed by atoms with Crippen molar-refractivity contribution in [2.24, 2.45) is 5.92 Å². The van der Waals surface area contributed by atoms with Gasteiger partial charge in [0.1, 0.15) is 11.0 Å². The van der Waals surface area contributed by atoms with Gasteiger partial charge in [-0.05, 0) is 46.6 Å². The first-order valence-electron chi connectivity index (χ1n) is 7.04. The molecule has 0 fully saturated rings. The number of hydrogen-bond acceptors (Lipinski definition) is 4. The van der Waals surface area contributed by atoms with Crippen molar-refractivity contribution in [3.8, 4) is 5.75 Å². The molecule has 0 aliphatic carbocycles. The summed E-state index contributed by atoms with van der Waals surface area (Å²) in [7, 11) is 0. The molecule has 0 saturated heterocycles. The van der Waals surface area contributed by atoms with Crippen LogP contribution in [0, 0.1) is 12.8 Å². The van der Waals surface area contributed by atoms with Crippen LogP contribution in [0.3, 0.4) is 0 Å². The van der Waals surface area contributed by atoms with Crippen LogP contribution in [0.1, 0.15) is 19.4 Å². The van der Waals surface area contributed by atoms with Crippen LogP contribution >= 0.6 is 15.9 Å². The Morgan fingerprint density at radius 1 is 1.14 bits per heavy atom. The molecule has 0 bridgehead atoms. The van der Waals surface area contributed by atoms with Gasteiger partial charge in [-0.2, -0.15) is 0 Å². The van der Waals surface area contributed by atoms with Crippen LogP contribution in [0.2, 0.25) is 0 Å². The fourth-order valence-corrected chi connectivity index (χ4v) is 2.80. The van der Waals surface area contributed by atoms with Gasteiger partial charge in [-0.1, -0.05) is 26.0 Å². The maximum absolute atomic E-state index is 12.0. The normalized spacial score (nSPS) is 11.3. The number of carbonyl (C=O) groups is 1. The van der Waals surface area contributed by atoms with Crippen LogP contribution < -0.4 is 4.74 Å². The van der Waals surface area contributed by atoms with Gasteiger partial charge in [-0.15, -0.1) is 0 Å². The van der Waals surface area contributed by atoms with E-state index in [2.05, 4.69) is 25.9 Å². The lowest BCUT2D eigenvalue weighted by Gasteiger charge is -2.13. The molecule has 1 aromatic heterocycles. The molecule has 0 spiro atoms. The third-order valence-electron chi connectivity index (χ3n) is 3.39. The van der Waals surface area contributed by atoms with Gasteiger partial charge in [0.15, 0.2) is 5.75 Å². The topological polar surface area (TPSA) is 52.1 Å². The molecule has 0 aliphatic heterocycles. The molecule has 0 radical (unpaired) electrons. The lowest BCUT2D eigenvalue weighted by molar-refractivity contribution is -0.137. The van der Waals surface area contributed by atoms with E-state index in [4.69, 9.17) is 4.74 Å². The summed E-state index contributed by atoms with van der Waals surface area (Å²) in [5.41, 5.74) is 3.71. The van der Waals surface area contributed by atoms with Gasteiger partial charge in [0.2, 0.25) is 0 Å². The molecule has 0 atom stereocenters. The molecule has 1 heterocycles. The average Bonchev–Trinajstić information content (AvgIpc) is 2.49. The highest BCUT2D eigenvalue weighted by atomic mass is 79.9. The number of rotatable bonds is 2. The molecule has 0 N–H and O–H groups in total. The number of aromatic nitrogens is 2. The van der Waals surface area contributed by atoms with Gasteiger partial charge < -0.3 is 4.74 Å². The van der Waals surface area contributed by atoms with Crippen LogP contribution in [0.4, 0.5) is 0 Å². The van der Waals surface area contributed by atoms with Gasteiger partial charge in [-0.3, -0.25) is 4.79 Å². The number of ether oxygens (including phenoxy) is 1. The highest BCUT2D eigenvalue weighted by Crippen LogP contribution is 2.34. The summed E-state index contributed by atoms with van der Waals surface area (Å²) in [5.74, 6) is 0.00310. The van der Waals surface area contributed by atoms with Crippen molar-refractivity contribution < 1.29 is 9.53 Å². The summed E-state index contributed by atoms with van der Waals surface area (Å²) < 4.78 is 6.40. The number of nitrogens with zero attached hydrogens (tertiary/aromatic N) is 2. The van der Waals surface area contributed by atoms with Crippen molar-refractivity contribution in [3.05, 3.63) is 40.4 Å². The Kier molecular flexibility index (Phi) is 3.83. The minimum Gasteiger partial charge on any atom is -0.424 e. The lowest BCUT2D eigenvalue weighted by atomic mass is 10.1. The minimum atomic E-state index is -0.276. The molecular weight excluding hydrogens is 344 g/mol. The molecule has 112 valence electrons. The quantitative estimate of drug-likeness (QED) is 0.386. The van der Waals surface area contributed by atoms with Crippen LogP contribution in [0.15, 0.2) is 34.8 Å². The van der Waals surface area contributed by atoms with Crippen molar-refractivity contribution in [2.45, 2.75) is 20.8 Å². The zero-order valence-electron chi connectivity index (χ0n) is 12.6. The largest absolute Gasteiger partial charge is 0.424 e. The number of para-hydroxylation sites is 2. The second-order valence-electron chi connectivity index (χ2n) is 5.49. The van der Waals surface area contributed by atoms with E-state index in [-0.39, 0.29) is 11.9 Å². The number of fused-ring (bicyclic) bond motifs is 2. The van der Waals surface area contributed by atoms with E-state index in [0.29, 0.717) is 16.8 Å². The molecule has 0 saturated carbocycles. The van der Waals surface area contributed by atoms with Gasteiger partial charge in [0, 0.05) is 4.47 Å². The van der Waals surface area contributed by atoms with Crippen LogP contribution in [-0.4, -0.2) is 15.9 Å². The molecule has 3 rings (SSSR count). The van der Waals surface area contributed by atoms with Gasteiger partial charge in [-0.25, -0.2) is 9.97 Å². The van der Waals surface area contributed by atoms with Crippen LogP contribution in [0.25, 0.3) is 22.1 Å². The molecule has 22 heavy (non-hydrogen) atoms. The van der Waals surface area contributed by atoms with E-state index in [1.54, 1.807) is 13.8 Å². The first-order valence-corrected chi connectivity index (χ1v) is 7.84. The van der Waals surface area contributed by atoms with Crippen molar-refractivity contribution in [1.82, 2.24) is 9.97 Å². The smallest absolute Gasteiger partial charge is 0.313 e. The minimum absolute atomic E-state index is 0.202. The molecule has 0 amide bonds. The van der Waals surface area contributed by atoms with E-state index >= 15 is 0 Å². The highest BCUT2D eigenvalue weighted by molar-refractivity contribution is 9.10. The summed E-state index contributed by atoms with van der Waals surface area (Å²) in [4.78, 5) is 21.2. The second kappa shape index (κ2) is 5.65. The van der Waals surface area contributed by atoms with Gasteiger partial charge in [0.25, 0.3) is 0 Å². The van der Waals surface area contributed by atoms with E-state index in [1.807, 2.05) is 37.3 Å². The number of hydrogen-bond donors (Lipinski definition) is 0. The zero-order valence-corrected chi connectivity index (χ0v) is 14.1. The predicted molar refractivity (Wildman–Crippen MR) is 90.0 cm³/mol. The Balaban J connectivity index is 2.30. The van der Waals surface area contributed by atoms with Crippen molar-refractivity contribution in [2.75, 3.05) is 0 Å². The van der Waals surface area contributed by atoms with Crippen molar-refractivity contribution in [1.29, 1.82) is 0 Å². The molecule has 0 aliphatic rings. The summed E-state index contributed by atoms with van der Waals surface area (Å²) in [5, 5.41) is 0. The predicted octanol–water partition coefficient (Wildman–Crippen LogP) is 4.42. The monoisotopic (exact) mass is 358 g/mol. The highest BCUT2D eigenvalue weighted by Gasteiger charge is 2.18. The number of carbonyl (C=O) groups excluding carboxylic acids is 1. The summed E-state index contributed by atoms with van der Waals surface area (Å²) in [6.45, 7) is 5.50. The van der Waals surface area contributed by atoms with E-state index in [9.17, 15) is 4.79 Å². The lowest BCUT2D eigenvalue weighted by Crippen LogP contribution is -2.16. The maximum Gasteiger partial charge on any atom is 0.313 e. The van der Waals surface area contributed by atoms with Crippen LogP contribution in [-0.2, 0) is 4.79 Å². The number of benzene rings is 2. The van der Waals surface area contributed by atoms with E-state index in [0.717, 1.165) is 21.1 Å². The fourth-order valence-electron chi connectivity index (χ4n) is 2.18. The maximum atomic E-state index is 12.0. The molecule has 2 aromatic carbocycles. The standard InChI is InChI=1S/C17H15BrN2O2/c1-9(2)17(21)22-16-10(3)8-11(18)14-15(16)20-13-7-5-4-6-12(13)19-14/h4-9H,1-3H3. The van der Waals surface area contributed by atoms with E-state index in [1.165, 1.54) is 0 Å². The fraction of sp³-hybridized carbons (Fsp3) is 0.235.